The van der Waals surface area contributed by atoms with E-state index < -0.39 is 20.7 Å². The summed E-state index contributed by atoms with van der Waals surface area (Å²) in [5.74, 6) is -0.904. The smallest absolute Gasteiger partial charge is 0.243 e. The Morgan fingerprint density at radius 1 is 1.44 bits per heavy atom. The number of sulfonamides is 1. The van der Waals surface area contributed by atoms with Crippen molar-refractivity contribution in [3.05, 3.63) is 34.5 Å². The fraction of sp³-hybridized carbons (Fsp3) is 0.111. The van der Waals surface area contributed by atoms with E-state index in [1.165, 1.54) is 24.7 Å². The van der Waals surface area contributed by atoms with Crippen molar-refractivity contribution in [2.75, 3.05) is 11.4 Å². The van der Waals surface area contributed by atoms with Crippen LogP contribution in [-0.2, 0) is 10.0 Å². The van der Waals surface area contributed by atoms with E-state index >= 15 is 0 Å². The van der Waals surface area contributed by atoms with Gasteiger partial charge in [-0.25, -0.2) is 17.1 Å². The van der Waals surface area contributed by atoms with Gasteiger partial charge in [-0.3, -0.25) is 0 Å². The van der Waals surface area contributed by atoms with Gasteiger partial charge in [0.15, 0.2) is 0 Å². The van der Waals surface area contributed by atoms with Crippen LogP contribution >= 0.6 is 22.9 Å². The second kappa shape index (κ2) is 4.79. The highest BCUT2D eigenvalue weighted by Crippen LogP contribution is 2.29. The molecule has 1 heterocycles. The minimum atomic E-state index is -4.09. The van der Waals surface area contributed by atoms with Crippen LogP contribution in [0.1, 0.15) is 0 Å². The summed E-state index contributed by atoms with van der Waals surface area (Å²) in [6.45, 7) is 0. The second-order valence-electron chi connectivity index (χ2n) is 3.24. The molecule has 0 aliphatic heterocycles. The number of nitrogens with zero attached hydrogens (tertiary/aromatic N) is 3. The highest BCUT2D eigenvalue weighted by atomic mass is 35.5. The molecule has 5 nitrogen and oxygen atoms in total. The van der Waals surface area contributed by atoms with Crippen LogP contribution in [0.5, 0.6) is 0 Å². The molecular weight excluding hydrogens is 301 g/mol. The number of hydrogen-bond acceptors (Lipinski definition) is 5. The number of rotatable bonds is 3. The zero-order chi connectivity index (χ0) is 13.3. The Balaban J connectivity index is 2.56. The Morgan fingerprint density at radius 3 is 2.72 bits per heavy atom. The van der Waals surface area contributed by atoms with E-state index in [9.17, 15) is 12.8 Å². The summed E-state index contributed by atoms with van der Waals surface area (Å²) in [6, 6.07) is 3.68. The lowest BCUT2D eigenvalue weighted by molar-refractivity contribution is 0.566. The Bertz CT molecular complexity index is 640. The molecule has 1 aromatic heterocycles. The maximum atomic E-state index is 13.6. The van der Waals surface area contributed by atoms with Crippen LogP contribution in [0.25, 0.3) is 0 Å². The molecule has 96 valence electrons. The molecular formula is C9H7ClFN3O2S2. The summed E-state index contributed by atoms with van der Waals surface area (Å²) in [5, 5.41) is 7.11. The van der Waals surface area contributed by atoms with Crippen molar-refractivity contribution in [2.24, 2.45) is 0 Å². The summed E-state index contributed by atoms with van der Waals surface area (Å²) in [4.78, 5) is -0.565. The Morgan fingerprint density at radius 2 is 2.17 bits per heavy atom. The zero-order valence-corrected chi connectivity index (χ0v) is 11.4. The van der Waals surface area contributed by atoms with Gasteiger partial charge in [0.2, 0.25) is 5.13 Å². The third-order valence-corrected chi connectivity index (χ3v) is 5.29. The molecule has 2 rings (SSSR count). The van der Waals surface area contributed by atoms with Gasteiger partial charge in [0.1, 0.15) is 16.2 Å². The molecule has 0 saturated heterocycles. The Kier molecular flexibility index (Phi) is 3.51. The van der Waals surface area contributed by atoms with Gasteiger partial charge in [-0.2, -0.15) is 0 Å². The van der Waals surface area contributed by atoms with Crippen molar-refractivity contribution >= 4 is 38.1 Å². The highest BCUT2D eigenvalue weighted by molar-refractivity contribution is 7.93. The third kappa shape index (κ3) is 2.18. The van der Waals surface area contributed by atoms with E-state index in [2.05, 4.69) is 10.2 Å². The largest absolute Gasteiger partial charge is 0.270 e. The number of aromatic nitrogens is 2. The van der Waals surface area contributed by atoms with Gasteiger partial charge in [0.05, 0.1) is 5.02 Å². The van der Waals surface area contributed by atoms with Crippen LogP contribution in [0.2, 0.25) is 5.02 Å². The molecule has 0 unspecified atom stereocenters. The van der Waals surface area contributed by atoms with Crippen LogP contribution in [-0.4, -0.2) is 25.7 Å². The van der Waals surface area contributed by atoms with Gasteiger partial charge in [-0.05, 0) is 12.1 Å². The number of benzene rings is 1. The zero-order valence-electron chi connectivity index (χ0n) is 9.04. The molecule has 0 atom stereocenters. The van der Waals surface area contributed by atoms with Gasteiger partial charge in [-0.1, -0.05) is 29.0 Å². The number of hydrogen-bond donors (Lipinski definition) is 0. The summed E-state index contributed by atoms with van der Waals surface area (Å²) >= 11 is 6.76. The molecule has 0 amide bonds. The fourth-order valence-electron chi connectivity index (χ4n) is 1.27. The van der Waals surface area contributed by atoms with Crippen molar-refractivity contribution < 1.29 is 12.8 Å². The maximum absolute atomic E-state index is 13.6. The van der Waals surface area contributed by atoms with Crippen molar-refractivity contribution in [1.82, 2.24) is 10.2 Å². The van der Waals surface area contributed by atoms with Crippen molar-refractivity contribution in [2.45, 2.75) is 4.90 Å². The lowest BCUT2D eigenvalue weighted by Crippen LogP contribution is -2.27. The first-order valence-electron chi connectivity index (χ1n) is 4.63. The van der Waals surface area contributed by atoms with Gasteiger partial charge in [0, 0.05) is 7.05 Å². The van der Waals surface area contributed by atoms with Crippen molar-refractivity contribution in [3.8, 4) is 0 Å². The van der Waals surface area contributed by atoms with Gasteiger partial charge < -0.3 is 0 Å². The van der Waals surface area contributed by atoms with E-state index in [1.54, 1.807) is 0 Å². The molecule has 0 bridgehead atoms. The summed E-state index contributed by atoms with van der Waals surface area (Å²) in [7, 11) is -2.83. The molecule has 0 saturated carbocycles. The molecule has 0 N–H and O–H groups in total. The molecule has 0 aliphatic rings. The summed E-state index contributed by atoms with van der Waals surface area (Å²) < 4.78 is 38.9. The van der Waals surface area contributed by atoms with E-state index in [1.807, 2.05) is 0 Å². The SMILES string of the molecule is CN(c1nncs1)S(=O)(=O)c1c(F)cccc1Cl. The molecule has 9 heteroatoms. The first kappa shape index (κ1) is 13.2. The fourth-order valence-corrected chi connectivity index (χ4v) is 3.73. The van der Waals surface area contributed by atoms with E-state index in [0.717, 1.165) is 21.7 Å². The Labute approximate surface area is 112 Å². The molecule has 0 fully saturated rings. The minimum Gasteiger partial charge on any atom is -0.243 e. The monoisotopic (exact) mass is 307 g/mol. The van der Waals surface area contributed by atoms with E-state index in [0.29, 0.717) is 0 Å². The van der Waals surface area contributed by atoms with Gasteiger partial charge in [-0.15, -0.1) is 10.2 Å². The van der Waals surface area contributed by atoms with Crippen LogP contribution < -0.4 is 4.31 Å². The standard InChI is InChI=1S/C9H7ClFN3O2S2/c1-14(9-13-12-5-17-9)18(15,16)8-6(10)3-2-4-7(8)11/h2-5H,1H3. The minimum absolute atomic E-state index is 0.134. The van der Waals surface area contributed by atoms with Crippen LogP contribution in [0.3, 0.4) is 0 Å². The average Bonchev–Trinajstić information content (AvgIpc) is 2.80. The van der Waals surface area contributed by atoms with Crippen LogP contribution in [0.15, 0.2) is 28.6 Å². The molecule has 0 spiro atoms. The van der Waals surface area contributed by atoms with Crippen molar-refractivity contribution in [1.29, 1.82) is 0 Å². The van der Waals surface area contributed by atoms with Gasteiger partial charge >= 0.3 is 0 Å². The third-order valence-electron chi connectivity index (χ3n) is 2.16. The average molecular weight is 308 g/mol. The lowest BCUT2D eigenvalue weighted by Gasteiger charge is -2.16. The van der Waals surface area contributed by atoms with E-state index in [4.69, 9.17) is 11.6 Å². The topological polar surface area (TPSA) is 63.2 Å². The Hall–Kier alpha value is -1.25. The highest BCUT2D eigenvalue weighted by Gasteiger charge is 2.29. The molecule has 18 heavy (non-hydrogen) atoms. The normalized spacial score (nSPS) is 11.5. The number of halogens is 2. The molecule has 0 aliphatic carbocycles. The molecule has 0 radical (unpaired) electrons. The molecule has 1 aromatic carbocycles. The number of anilines is 1. The quantitative estimate of drug-likeness (QED) is 0.871. The van der Waals surface area contributed by atoms with Crippen LogP contribution in [0.4, 0.5) is 9.52 Å². The predicted octanol–water partition coefficient (Wildman–Crippen LogP) is 2.16. The lowest BCUT2D eigenvalue weighted by atomic mass is 10.3. The first-order chi connectivity index (χ1) is 8.44. The first-order valence-corrected chi connectivity index (χ1v) is 7.33. The summed E-state index contributed by atoms with van der Waals surface area (Å²) in [6.07, 6.45) is 0. The van der Waals surface area contributed by atoms with Crippen LogP contribution in [0, 0.1) is 5.82 Å². The second-order valence-corrected chi connectivity index (χ2v) is 6.37. The maximum Gasteiger partial charge on any atom is 0.270 e. The predicted molar refractivity (Wildman–Crippen MR) is 66.9 cm³/mol. The van der Waals surface area contributed by atoms with Crippen molar-refractivity contribution in [3.63, 3.8) is 0 Å². The summed E-state index contributed by atoms with van der Waals surface area (Å²) in [5.41, 5.74) is 1.38. The van der Waals surface area contributed by atoms with E-state index in [-0.39, 0.29) is 10.2 Å². The molecule has 2 aromatic rings. The van der Waals surface area contributed by atoms with Gasteiger partial charge in [0.25, 0.3) is 10.0 Å².